The number of unbranched alkanes of at least 4 members (excludes halogenated alkanes) is 6. The van der Waals surface area contributed by atoms with Gasteiger partial charge in [-0.15, -0.1) is 0 Å². The van der Waals surface area contributed by atoms with Crippen LogP contribution in [-0.4, -0.2) is 29.2 Å². The maximum Gasteiger partial charge on any atom is 0.303 e. The van der Waals surface area contributed by atoms with Gasteiger partial charge >= 0.3 is 5.97 Å². The summed E-state index contributed by atoms with van der Waals surface area (Å²) in [6.07, 6.45) is 10.5. The lowest BCUT2D eigenvalue weighted by atomic mass is 9.72. The molecule has 0 atom stereocenters. The molecule has 0 radical (unpaired) electrons. The minimum atomic E-state index is -0.733. The van der Waals surface area contributed by atoms with Gasteiger partial charge in [0.25, 0.3) is 0 Å². The van der Waals surface area contributed by atoms with Crippen molar-refractivity contribution < 1.29 is 24.2 Å². The fourth-order valence-electron chi connectivity index (χ4n) is 5.77. The molecule has 1 fully saturated rings. The normalized spacial score (nSPS) is 19.4. The molecule has 1 N–H and O–H groups in total. The Balaban J connectivity index is 1.36. The number of Topliss-reactive ketones (excluding diaryl/α,β-unsaturated/α-hetero) is 2. The van der Waals surface area contributed by atoms with Crippen LogP contribution < -0.4 is 0 Å². The van der Waals surface area contributed by atoms with Crippen molar-refractivity contribution >= 4 is 29.1 Å². The van der Waals surface area contributed by atoms with Gasteiger partial charge in [-0.05, 0) is 68.1 Å². The molecule has 0 heterocycles. The average molecular weight is 537 g/mol. The van der Waals surface area contributed by atoms with Gasteiger partial charge in [0.1, 0.15) is 0 Å². The summed E-state index contributed by atoms with van der Waals surface area (Å²) < 4.78 is 6.11. The van der Waals surface area contributed by atoms with E-state index in [1.165, 1.54) is 5.56 Å². The van der Waals surface area contributed by atoms with Crippen LogP contribution in [0, 0.1) is 5.92 Å². The monoisotopic (exact) mass is 536 g/mol. The van der Waals surface area contributed by atoms with E-state index in [-0.39, 0.29) is 29.7 Å². The highest BCUT2D eigenvalue weighted by atomic mass is 35.5. The molecular weight excluding hydrogens is 500 g/mol. The number of carbonyl (C=O) groups is 3. The van der Waals surface area contributed by atoms with Crippen molar-refractivity contribution in [2.45, 2.75) is 83.0 Å². The summed E-state index contributed by atoms with van der Waals surface area (Å²) in [6, 6.07) is 15.1. The number of halogens is 1. The van der Waals surface area contributed by atoms with Gasteiger partial charge in [-0.25, -0.2) is 0 Å². The topological polar surface area (TPSA) is 80.7 Å². The smallest absolute Gasteiger partial charge is 0.303 e. The number of aliphatic carboxylic acids is 1. The van der Waals surface area contributed by atoms with Crippen molar-refractivity contribution in [3.8, 4) is 0 Å². The first-order valence-corrected chi connectivity index (χ1v) is 14.4. The number of hydrogen-bond acceptors (Lipinski definition) is 4. The van der Waals surface area contributed by atoms with E-state index in [2.05, 4.69) is 12.1 Å². The van der Waals surface area contributed by atoms with Crippen molar-refractivity contribution in [2.75, 3.05) is 6.61 Å². The lowest BCUT2D eigenvalue weighted by molar-refractivity contribution is -0.137. The third-order valence-electron chi connectivity index (χ3n) is 7.87. The van der Waals surface area contributed by atoms with Crippen LogP contribution in [-0.2, 0) is 9.53 Å². The maximum atomic E-state index is 13.6. The second kappa shape index (κ2) is 13.7. The molecule has 2 aromatic rings. The molecule has 2 aliphatic carbocycles. The van der Waals surface area contributed by atoms with E-state index in [9.17, 15) is 14.4 Å². The highest BCUT2D eigenvalue weighted by Gasteiger charge is 2.38. The molecule has 0 spiro atoms. The number of rotatable bonds is 13. The van der Waals surface area contributed by atoms with Crippen LogP contribution in [0.1, 0.15) is 109 Å². The molecule has 0 aliphatic heterocycles. The van der Waals surface area contributed by atoms with Crippen molar-refractivity contribution in [3.63, 3.8) is 0 Å². The molecule has 2 aliphatic rings. The summed E-state index contributed by atoms with van der Waals surface area (Å²) in [6.45, 7) is 0.416. The summed E-state index contributed by atoms with van der Waals surface area (Å²) in [5.74, 6) is -0.260. The standard InChI is InChI=1S/C32H37ClO5/c33-25-19-17-23(18-20-25)22-13-15-24(16-14-22)29-30(36)26-10-7-8-11-27(26)31(37)32(29)38-21-9-5-3-1-2-4-6-12-28(34)35/h7-8,10-11,17-20,22,24H,1-6,9,12-16,21H2,(H,34,35)/t22-,24-. The van der Waals surface area contributed by atoms with Gasteiger partial charge in [0.2, 0.25) is 5.78 Å². The van der Waals surface area contributed by atoms with Crippen molar-refractivity contribution in [3.05, 3.63) is 81.6 Å². The Morgan fingerprint density at radius 2 is 1.32 bits per heavy atom. The summed E-state index contributed by atoms with van der Waals surface area (Å²) >= 11 is 6.06. The van der Waals surface area contributed by atoms with E-state index in [1.807, 2.05) is 18.2 Å². The van der Waals surface area contributed by atoms with Crippen LogP contribution in [0.25, 0.3) is 0 Å². The number of allylic oxidation sites excluding steroid dienone is 2. The average Bonchev–Trinajstić information content (AvgIpc) is 2.93. The highest BCUT2D eigenvalue weighted by Crippen LogP contribution is 2.42. The SMILES string of the molecule is O=C(O)CCCCCCCCCOC1=C([C@H]2CC[C@H](c3ccc(Cl)cc3)CC2)C(=O)c2ccccc2C1=O. The van der Waals surface area contributed by atoms with E-state index in [1.54, 1.807) is 18.2 Å². The molecule has 202 valence electrons. The predicted octanol–water partition coefficient (Wildman–Crippen LogP) is 8.17. The van der Waals surface area contributed by atoms with Gasteiger partial charge < -0.3 is 9.84 Å². The summed E-state index contributed by atoms with van der Waals surface area (Å²) in [5.41, 5.74) is 2.77. The number of hydrogen-bond donors (Lipinski definition) is 1. The van der Waals surface area contributed by atoms with Crippen molar-refractivity contribution in [1.29, 1.82) is 0 Å². The third-order valence-corrected chi connectivity index (χ3v) is 8.12. The van der Waals surface area contributed by atoms with E-state index in [4.69, 9.17) is 21.4 Å². The molecule has 0 amide bonds. The van der Waals surface area contributed by atoms with Crippen LogP contribution in [0.4, 0.5) is 0 Å². The lowest BCUT2D eigenvalue weighted by Gasteiger charge is -2.32. The Labute approximate surface area is 230 Å². The zero-order valence-electron chi connectivity index (χ0n) is 21.9. The molecule has 5 nitrogen and oxygen atoms in total. The number of carbonyl (C=O) groups excluding carboxylic acids is 2. The number of benzene rings is 2. The summed E-state index contributed by atoms with van der Waals surface area (Å²) in [4.78, 5) is 37.7. The molecule has 38 heavy (non-hydrogen) atoms. The molecule has 1 saturated carbocycles. The number of ketones is 2. The maximum absolute atomic E-state index is 13.6. The van der Waals surface area contributed by atoms with Gasteiger partial charge in [-0.1, -0.05) is 80.1 Å². The van der Waals surface area contributed by atoms with Crippen LogP contribution in [0.2, 0.25) is 5.02 Å². The van der Waals surface area contributed by atoms with Gasteiger partial charge in [0.15, 0.2) is 11.5 Å². The fraction of sp³-hybridized carbons (Fsp3) is 0.469. The second-order valence-corrected chi connectivity index (χ2v) is 11.0. The number of carboxylic acids is 1. The van der Waals surface area contributed by atoms with E-state index in [0.29, 0.717) is 29.2 Å². The van der Waals surface area contributed by atoms with Crippen LogP contribution in [0.3, 0.4) is 0 Å². The largest absolute Gasteiger partial charge is 0.489 e. The lowest BCUT2D eigenvalue weighted by Crippen LogP contribution is -2.29. The molecule has 0 bridgehead atoms. The van der Waals surface area contributed by atoms with Crippen molar-refractivity contribution in [1.82, 2.24) is 0 Å². The number of ether oxygens (including phenoxy) is 1. The van der Waals surface area contributed by atoms with Gasteiger partial charge in [-0.3, -0.25) is 14.4 Å². The fourth-order valence-corrected chi connectivity index (χ4v) is 5.90. The Hall–Kier alpha value is -2.92. The molecule has 0 unspecified atom stereocenters. The predicted molar refractivity (Wildman–Crippen MR) is 149 cm³/mol. The summed E-state index contributed by atoms with van der Waals surface area (Å²) in [7, 11) is 0. The number of fused-ring (bicyclic) bond motifs is 1. The van der Waals surface area contributed by atoms with Crippen LogP contribution in [0.15, 0.2) is 59.9 Å². The molecule has 4 rings (SSSR count). The molecular formula is C32H37ClO5. The molecule has 2 aromatic carbocycles. The minimum Gasteiger partial charge on any atom is -0.489 e. The first-order chi connectivity index (χ1) is 18.5. The molecule has 6 heteroatoms. The Morgan fingerprint density at radius 1 is 0.763 bits per heavy atom. The first kappa shape index (κ1) is 28.1. The first-order valence-electron chi connectivity index (χ1n) is 14.0. The van der Waals surface area contributed by atoms with E-state index < -0.39 is 5.97 Å². The van der Waals surface area contributed by atoms with Crippen LogP contribution in [0.5, 0.6) is 0 Å². The second-order valence-electron chi connectivity index (χ2n) is 10.5. The van der Waals surface area contributed by atoms with Gasteiger partial charge in [0.05, 0.1) is 6.61 Å². The highest BCUT2D eigenvalue weighted by molar-refractivity contribution is 6.30. The zero-order valence-corrected chi connectivity index (χ0v) is 22.7. The Kier molecular flexibility index (Phi) is 10.2. The third kappa shape index (κ3) is 7.13. The van der Waals surface area contributed by atoms with Crippen LogP contribution >= 0.6 is 11.6 Å². The quantitative estimate of drug-likeness (QED) is 0.261. The zero-order chi connectivity index (χ0) is 26.9. The Bertz CT molecular complexity index is 1160. The molecule has 0 aromatic heterocycles. The van der Waals surface area contributed by atoms with Gasteiger partial charge in [-0.2, -0.15) is 0 Å². The van der Waals surface area contributed by atoms with E-state index in [0.717, 1.165) is 75.7 Å². The van der Waals surface area contributed by atoms with Crippen molar-refractivity contribution in [2.24, 2.45) is 5.92 Å². The summed E-state index contributed by atoms with van der Waals surface area (Å²) in [5, 5.41) is 9.44. The van der Waals surface area contributed by atoms with Gasteiger partial charge in [0, 0.05) is 28.1 Å². The van der Waals surface area contributed by atoms with E-state index >= 15 is 0 Å². The minimum absolute atomic E-state index is 0.0177. The Morgan fingerprint density at radius 3 is 1.95 bits per heavy atom. The number of carboxylic acid groups (broad SMARTS) is 1. The molecule has 0 saturated heterocycles.